The van der Waals surface area contributed by atoms with Gasteiger partial charge in [0.05, 0.1) is 20.1 Å². The molecule has 0 amide bonds. The second-order valence-corrected chi connectivity index (χ2v) is 4.42. The van der Waals surface area contributed by atoms with Crippen molar-refractivity contribution in [2.75, 3.05) is 20.3 Å². The van der Waals surface area contributed by atoms with E-state index in [0.29, 0.717) is 12.6 Å². The van der Waals surface area contributed by atoms with Crippen LogP contribution in [-0.2, 0) is 9.53 Å². The van der Waals surface area contributed by atoms with Crippen molar-refractivity contribution in [2.24, 2.45) is 0 Å². The number of carbonyl (C=O) groups excluding carboxylic acids is 1. The van der Waals surface area contributed by atoms with Crippen molar-refractivity contribution in [3.8, 4) is 5.75 Å². The first kappa shape index (κ1) is 15.5. The van der Waals surface area contributed by atoms with Crippen molar-refractivity contribution in [3.05, 3.63) is 29.8 Å². The topological polar surface area (TPSA) is 47.6 Å². The summed E-state index contributed by atoms with van der Waals surface area (Å²) in [6, 6.07) is 8.28. The van der Waals surface area contributed by atoms with E-state index in [2.05, 4.69) is 23.9 Å². The molecule has 4 heteroatoms. The molecule has 1 unspecified atom stereocenters. The van der Waals surface area contributed by atoms with Crippen molar-refractivity contribution < 1.29 is 14.3 Å². The zero-order chi connectivity index (χ0) is 14.1. The Bertz CT molecular complexity index is 375. The van der Waals surface area contributed by atoms with Gasteiger partial charge in [-0.2, -0.15) is 0 Å². The van der Waals surface area contributed by atoms with Crippen LogP contribution in [0, 0.1) is 0 Å². The average molecular weight is 265 g/mol. The first-order chi connectivity index (χ1) is 9.17. The number of nitrogens with one attached hydrogen (secondary N) is 1. The number of carbonyl (C=O) groups is 1. The van der Waals surface area contributed by atoms with E-state index in [4.69, 9.17) is 4.74 Å². The molecule has 0 aliphatic heterocycles. The molecule has 106 valence electrons. The quantitative estimate of drug-likeness (QED) is 0.734. The molecule has 0 saturated heterocycles. The maximum absolute atomic E-state index is 10.9. The van der Waals surface area contributed by atoms with Crippen molar-refractivity contribution in [2.45, 2.75) is 32.7 Å². The van der Waals surface area contributed by atoms with Gasteiger partial charge in [0.25, 0.3) is 0 Å². The normalized spacial score (nSPS) is 11.9. The van der Waals surface area contributed by atoms with Gasteiger partial charge in [0.15, 0.2) is 0 Å². The summed E-state index contributed by atoms with van der Waals surface area (Å²) in [4.78, 5) is 10.9. The van der Waals surface area contributed by atoms with Gasteiger partial charge in [-0.1, -0.05) is 19.1 Å². The third kappa shape index (κ3) is 5.75. The van der Waals surface area contributed by atoms with E-state index in [0.717, 1.165) is 18.7 Å². The first-order valence-corrected chi connectivity index (χ1v) is 6.70. The van der Waals surface area contributed by atoms with Crippen LogP contribution < -0.4 is 10.1 Å². The Balaban J connectivity index is 2.40. The molecular formula is C15H23NO3. The summed E-state index contributed by atoms with van der Waals surface area (Å²) in [6.07, 6.45) is 1.39. The SMILES string of the molecule is CCCNC(C)c1ccc(OCCC(=O)OC)cc1. The number of hydrogen-bond acceptors (Lipinski definition) is 4. The van der Waals surface area contributed by atoms with Crippen molar-refractivity contribution in [1.82, 2.24) is 5.32 Å². The van der Waals surface area contributed by atoms with Crippen LogP contribution in [0.15, 0.2) is 24.3 Å². The molecule has 0 saturated carbocycles. The van der Waals surface area contributed by atoms with Crippen molar-refractivity contribution in [1.29, 1.82) is 0 Å². The van der Waals surface area contributed by atoms with Crippen LogP contribution >= 0.6 is 0 Å². The average Bonchev–Trinajstić information content (AvgIpc) is 2.45. The molecule has 4 nitrogen and oxygen atoms in total. The number of esters is 1. The summed E-state index contributed by atoms with van der Waals surface area (Å²) in [5.41, 5.74) is 1.23. The molecule has 0 bridgehead atoms. The largest absolute Gasteiger partial charge is 0.493 e. The first-order valence-electron chi connectivity index (χ1n) is 6.70. The lowest BCUT2D eigenvalue weighted by Gasteiger charge is -2.14. The highest BCUT2D eigenvalue weighted by molar-refractivity contribution is 5.69. The molecule has 1 atom stereocenters. The van der Waals surface area contributed by atoms with Gasteiger partial charge in [-0.3, -0.25) is 4.79 Å². The Labute approximate surface area is 115 Å². The van der Waals surface area contributed by atoms with Crippen LogP contribution in [0.25, 0.3) is 0 Å². The molecule has 0 fully saturated rings. The molecule has 1 N–H and O–H groups in total. The lowest BCUT2D eigenvalue weighted by Crippen LogP contribution is -2.19. The summed E-state index contributed by atoms with van der Waals surface area (Å²) in [7, 11) is 1.38. The van der Waals surface area contributed by atoms with Gasteiger partial charge in [-0.25, -0.2) is 0 Å². The summed E-state index contributed by atoms with van der Waals surface area (Å²) >= 11 is 0. The molecule has 0 heterocycles. The number of benzene rings is 1. The van der Waals surface area contributed by atoms with Crippen molar-refractivity contribution >= 4 is 5.97 Å². The third-order valence-corrected chi connectivity index (χ3v) is 2.88. The van der Waals surface area contributed by atoms with Crippen molar-refractivity contribution in [3.63, 3.8) is 0 Å². The van der Waals surface area contributed by atoms with Gasteiger partial charge in [-0.05, 0) is 37.6 Å². The highest BCUT2D eigenvalue weighted by Gasteiger charge is 2.05. The molecule has 0 aliphatic rings. The zero-order valence-electron chi connectivity index (χ0n) is 11.9. The van der Waals surface area contributed by atoms with Crippen LogP contribution in [0.5, 0.6) is 5.75 Å². The lowest BCUT2D eigenvalue weighted by atomic mass is 10.1. The Morgan fingerprint density at radius 3 is 2.58 bits per heavy atom. The van der Waals surface area contributed by atoms with E-state index in [1.807, 2.05) is 24.3 Å². The second-order valence-electron chi connectivity index (χ2n) is 4.42. The Hall–Kier alpha value is -1.55. The smallest absolute Gasteiger partial charge is 0.308 e. The number of hydrogen-bond donors (Lipinski definition) is 1. The van der Waals surface area contributed by atoms with Gasteiger partial charge in [0.2, 0.25) is 0 Å². The molecular weight excluding hydrogens is 242 g/mol. The maximum Gasteiger partial charge on any atom is 0.308 e. The predicted octanol–water partition coefficient (Wildman–Crippen LogP) is 2.69. The fourth-order valence-corrected chi connectivity index (χ4v) is 1.69. The fraction of sp³-hybridized carbons (Fsp3) is 0.533. The molecule has 19 heavy (non-hydrogen) atoms. The Kier molecular flexibility index (Phi) is 6.97. The monoisotopic (exact) mass is 265 g/mol. The molecule has 1 aromatic rings. The minimum atomic E-state index is -0.256. The van der Waals surface area contributed by atoms with Gasteiger partial charge in [0, 0.05) is 6.04 Å². The molecule has 0 aromatic heterocycles. The summed E-state index contributed by atoms with van der Waals surface area (Å²) < 4.78 is 10.0. The summed E-state index contributed by atoms with van der Waals surface area (Å²) in [5, 5.41) is 3.43. The third-order valence-electron chi connectivity index (χ3n) is 2.88. The second kappa shape index (κ2) is 8.53. The van der Waals surface area contributed by atoms with Gasteiger partial charge >= 0.3 is 5.97 Å². The Morgan fingerprint density at radius 2 is 2.00 bits per heavy atom. The Morgan fingerprint density at radius 1 is 1.32 bits per heavy atom. The van der Waals surface area contributed by atoms with Crippen LogP contribution in [0.1, 0.15) is 38.3 Å². The molecule has 0 radical (unpaired) electrons. The van der Waals surface area contributed by atoms with E-state index >= 15 is 0 Å². The van der Waals surface area contributed by atoms with E-state index in [1.165, 1.54) is 12.7 Å². The minimum absolute atomic E-state index is 0.256. The lowest BCUT2D eigenvalue weighted by molar-refractivity contribution is -0.141. The van der Waals surface area contributed by atoms with Gasteiger partial charge in [0.1, 0.15) is 5.75 Å². The minimum Gasteiger partial charge on any atom is -0.493 e. The van der Waals surface area contributed by atoms with Crippen LogP contribution in [0.2, 0.25) is 0 Å². The van der Waals surface area contributed by atoms with E-state index in [1.54, 1.807) is 0 Å². The standard InChI is InChI=1S/C15H23NO3/c1-4-10-16-12(2)13-5-7-14(8-6-13)19-11-9-15(17)18-3/h5-8,12,16H,4,9-11H2,1-3H3. The maximum atomic E-state index is 10.9. The molecule has 0 spiro atoms. The van der Waals surface area contributed by atoms with E-state index in [-0.39, 0.29) is 12.4 Å². The highest BCUT2D eigenvalue weighted by Crippen LogP contribution is 2.17. The number of methoxy groups -OCH3 is 1. The molecule has 1 aromatic carbocycles. The van der Waals surface area contributed by atoms with E-state index in [9.17, 15) is 4.79 Å². The zero-order valence-corrected chi connectivity index (χ0v) is 11.9. The van der Waals surface area contributed by atoms with E-state index < -0.39 is 0 Å². The van der Waals surface area contributed by atoms with Crippen LogP contribution in [0.3, 0.4) is 0 Å². The fourth-order valence-electron chi connectivity index (χ4n) is 1.69. The molecule has 1 rings (SSSR count). The highest BCUT2D eigenvalue weighted by atomic mass is 16.5. The van der Waals surface area contributed by atoms with Gasteiger partial charge in [-0.15, -0.1) is 0 Å². The molecule has 0 aliphatic carbocycles. The number of rotatable bonds is 8. The van der Waals surface area contributed by atoms with Crippen LogP contribution in [0.4, 0.5) is 0 Å². The summed E-state index contributed by atoms with van der Waals surface area (Å²) in [5.74, 6) is 0.518. The predicted molar refractivity (Wildman–Crippen MR) is 75.3 cm³/mol. The van der Waals surface area contributed by atoms with Gasteiger partial charge < -0.3 is 14.8 Å². The van der Waals surface area contributed by atoms with Crippen LogP contribution in [-0.4, -0.2) is 26.2 Å². The number of ether oxygens (including phenoxy) is 2. The summed E-state index contributed by atoms with van der Waals surface area (Å²) in [6.45, 7) is 5.65.